The topological polar surface area (TPSA) is 79.2 Å². The highest BCUT2D eigenvalue weighted by Crippen LogP contribution is 2.21. The highest BCUT2D eigenvalue weighted by molar-refractivity contribution is 4.86. The third-order valence-electron chi connectivity index (χ3n) is 1.76. The van der Waals surface area contributed by atoms with Crippen LogP contribution in [0.1, 0.15) is 0 Å². The summed E-state index contributed by atoms with van der Waals surface area (Å²) in [5.74, 6) is 0. The van der Waals surface area contributed by atoms with Crippen molar-refractivity contribution in [1.29, 1.82) is 0 Å². The molecule has 5 nitrogen and oxygen atoms in total. The Morgan fingerprint density at radius 1 is 1.45 bits per heavy atom. The number of hydrogen-bond donors (Lipinski definition) is 3. The quantitative estimate of drug-likeness (QED) is 0.443. The van der Waals surface area contributed by atoms with Crippen LogP contribution >= 0.6 is 0 Å². The van der Waals surface area contributed by atoms with Crippen molar-refractivity contribution in [2.45, 2.75) is 24.6 Å². The smallest absolute Gasteiger partial charge is 0.184 e. The summed E-state index contributed by atoms with van der Waals surface area (Å²) < 4.78 is 9.49. The third kappa shape index (κ3) is 1.52. The Morgan fingerprint density at radius 3 is 2.36 bits per heavy atom. The van der Waals surface area contributed by atoms with E-state index in [0.717, 1.165) is 0 Å². The van der Waals surface area contributed by atoms with Crippen molar-refractivity contribution in [3.05, 3.63) is 0 Å². The Bertz CT molecular complexity index is 128. The van der Waals surface area contributed by atoms with E-state index in [9.17, 15) is 5.11 Å². The van der Waals surface area contributed by atoms with E-state index in [1.165, 1.54) is 7.11 Å². The van der Waals surface area contributed by atoms with Crippen molar-refractivity contribution in [1.82, 2.24) is 0 Å². The van der Waals surface area contributed by atoms with Gasteiger partial charge in [-0.25, -0.2) is 0 Å². The highest BCUT2D eigenvalue weighted by Gasteiger charge is 2.42. The van der Waals surface area contributed by atoms with E-state index in [4.69, 9.17) is 19.7 Å². The van der Waals surface area contributed by atoms with Gasteiger partial charge in [0, 0.05) is 7.11 Å². The average molecular weight is 164 g/mol. The summed E-state index contributed by atoms with van der Waals surface area (Å²) in [4.78, 5) is 0. The maximum atomic E-state index is 9.25. The van der Waals surface area contributed by atoms with Gasteiger partial charge in [-0.1, -0.05) is 0 Å². The minimum Gasteiger partial charge on any atom is -0.394 e. The minimum atomic E-state index is -1.15. The normalized spacial score (nSPS) is 44.7. The van der Waals surface area contributed by atoms with Crippen LogP contribution < -0.4 is 0 Å². The van der Waals surface area contributed by atoms with Crippen molar-refractivity contribution in [3.63, 3.8) is 0 Å². The fourth-order valence-corrected chi connectivity index (χ4v) is 1.12. The van der Waals surface area contributed by atoms with Crippen molar-refractivity contribution in [2.75, 3.05) is 13.7 Å². The van der Waals surface area contributed by atoms with Crippen LogP contribution in [0.15, 0.2) is 0 Å². The molecule has 0 aromatic heterocycles. The van der Waals surface area contributed by atoms with Gasteiger partial charge in [-0.2, -0.15) is 0 Å². The van der Waals surface area contributed by atoms with E-state index in [1.807, 2.05) is 0 Å². The van der Waals surface area contributed by atoms with E-state index < -0.39 is 24.6 Å². The lowest BCUT2D eigenvalue weighted by atomic mass is 10.1. The van der Waals surface area contributed by atoms with Crippen molar-refractivity contribution >= 4 is 0 Å². The lowest BCUT2D eigenvalue weighted by Crippen LogP contribution is -2.35. The van der Waals surface area contributed by atoms with Gasteiger partial charge in [-0.05, 0) is 0 Å². The summed E-state index contributed by atoms with van der Waals surface area (Å²) in [6.07, 6.45) is -3.60. The molecule has 1 fully saturated rings. The molecule has 0 amide bonds. The molecule has 5 heteroatoms. The number of hydrogen-bond acceptors (Lipinski definition) is 5. The molecule has 0 aromatic rings. The SMILES string of the molecule is CO[C@H]1C(O)[C@@H](CO)O[C@@H]1O. The van der Waals surface area contributed by atoms with Gasteiger partial charge in [0.15, 0.2) is 6.29 Å². The van der Waals surface area contributed by atoms with Crippen LogP contribution in [0.25, 0.3) is 0 Å². The molecule has 1 saturated heterocycles. The summed E-state index contributed by atoms with van der Waals surface area (Å²) in [6.45, 7) is -0.321. The second-order valence-electron chi connectivity index (χ2n) is 2.44. The second-order valence-corrected chi connectivity index (χ2v) is 2.44. The number of aliphatic hydroxyl groups excluding tert-OH is 3. The number of rotatable bonds is 2. The standard InChI is InChI=1S/C6H12O5/c1-10-5-4(8)3(2-7)11-6(5)9/h3-9H,2H2,1H3/t3-,4?,5+,6+/m1/s1. The van der Waals surface area contributed by atoms with E-state index in [-0.39, 0.29) is 6.61 Å². The molecule has 0 spiro atoms. The van der Waals surface area contributed by atoms with Crippen molar-refractivity contribution in [3.8, 4) is 0 Å². The van der Waals surface area contributed by atoms with E-state index in [0.29, 0.717) is 0 Å². The Hall–Kier alpha value is -0.200. The van der Waals surface area contributed by atoms with E-state index in [2.05, 4.69) is 0 Å². The lowest BCUT2D eigenvalue weighted by Gasteiger charge is -2.14. The molecule has 0 radical (unpaired) electrons. The van der Waals surface area contributed by atoms with Crippen LogP contribution in [-0.4, -0.2) is 53.6 Å². The summed E-state index contributed by atoms with van der Waals surface area (Å²) in [5.41, 5.74) is 0. The maximum absolute atomic E-state index is 9.25. The molecule has 1 rings (SSSR count). The molecule has 0 saturated carbocycles. The molecular formula is C6H12O5. The molecule has 3 N–H and O–H groups in total. The molecule has 0 aliphatic carbocycles. The third-order valence-corrected chi connectivity index (χ3v) is 1.76. The average Bonchev–Trinajstić information content (AvgIpc) is 2.26. The van der Waals surface area contributed by atoms with Gasteiger partial charge in [0.1, 0.15) is 18.3 Å². The van der Waals surface area contributed by atoms with Crippen LogP contribution in [0.2, 0.25) is 0 Å². The molecule has 66 valence electrons. The Balaban J connectivity index is 2.55. The van der Waals surface area contributed by atoms with Crippen LogP contribution in [0, 0.1) is 0 Å². The number of ether oxygens (including phenoxy) is 2. The van der Waals surface area contributed by atoms with Gasteiger partial charge in [0.2, 0.25) is 0 Å². The summed E-state index contributed by atoms with van der Waals surface area (Å²) >= 11 is 0. The number of methoxy groups -OCH3 is 1. The Labute approximate surface area is 64.2 Å². The molecule has 4 atom stereocenters. The van der Waals surface area contributed by atoms with E-state index in [1.54, 1.807) is 0 Å². The largest absolute Gasteiger partial charge is 0.394 e. The predicted molar refractivity (Wildman–Crippen MR) is 34.8 cm³/mol. The zero-order valence-corrected chi connectivity index (χ0v) is 6.17. The minimum absolute atomic E-state index is 0.321. The zero-order chi connectivity index (χ0) is 8.43. The van der Waals surface area contributed by atoms with Gasteiger partial charge >= 0.3 is 0 Å². The molecule has 0 bridgehead atoms. The molecule has 0 aromatic carbocycles. The summed E-state index contributed by atoms with van der Waals surface area (Å²) in [5, 5.41) is 26.9. The molecule has 1 aliphatic rings. The van der Waals surface area contributed by atoms with Crippen molar-refractivity contribution in [2.24, 2.45) is 0 Å². The molecule has 1 unspecified atom stereocenters. The fraction of sp³-hybridized carbons (Fsp3) is 1.00. The summed E-state index contributed by atoms with van der Waals surface area (Å²) in [6, 6.07) is 0. The first kappa shape index (κ1) is 8.89. The molecule has 11 heavy (non-hydrogen) atoms. The highest BCUT2D eigenvalue weighted by atomic mass is 16.7. The van der Waals surface area contributed by atoms with Crippen LogP contribution in [0.3, 0.4) is 0 Å². The van der Waals surface area contributed by atoms with Gasteiger partial charge in [-0.3, -0.25) is 0 Å². The monoisotopic (exact) mass is 164 g/mol. The zero-order valence-electron chi connectivity index (χ0n) is 6.17. The fourth-order valence-electron chi connectivity index (χ4n) is 1.12. The first-order valence-electron chi connectivity index (χ1n) is 3.36. The first-order chi connectivity index (χ1) is 5.20. The Kier molecular flexibility index (Phi) is 2.80. The van der Waals surface area contributed by atoms with Gasteiger partial charge in [-0.15, -0.1) is 0 Å². The number of aliphatic hydroxyl groups is 3. The Morgan fingerprint density at radius 2 is 2.09 bits per heavy atom. The lowest BCUT2D eigenvalue weighted by molar-refractivity contribution is -0.139. The van der Waals surface area contributed by atoms with Gasteiger partial charge in [0.25, 0.3) is 0 Å². The van der Waals surface area contributed by atoms with E-state index >= 15 is 0 Å². The molecular weight excluding hydrogens is 152 g/mol. The van der Waals surface area contributed by atoms with Gasteiger partial charge < -0.3 is 24.8 Å². The van der Waals surface area contributed by atoms with Crippen LogP contribution in [0.5, 0.6) is 0 Å². The molecule has 1 aliphatic heterocycles. The van der Waals surface area contributed by atoms with Crippen LogP contribution in [0.4, 0.5) is 0 Å². The molecule has 1 heterocycles. The maximum Gasteiger partial charge on any atom is 0.184 e. The predicted octanol–water partition coefficient (Wildman–Crippen LogP) is -1.93. The second kappa shape index (κ2) is 3.46. The van der Waals surface area contributed by atoms with Crippen molar-refractivity contribution < 1.29 is 24.8 Å². The van der Waals surface area contributed by atoms with Crippen LogP contribution in [-0.2, 0) is 9.47 Å². The first-order valence-corrected chi connectivity index (χ1v) is 3.36. The van der Waals surface area contributed by atoms with Gasteiger partial charge in [0.05, 0.1) is 6.61 Å². The summed E-state index contributed by atoms with van der Waals surface area (Å²) in [7, 11) is 1.36.